The van der Waals surface area contributed by atoms with Crippen LogP contribution in [0.2, 0.25) is 0 Å². The van der Waals surface area contributed by atoms with Crippen molar-refractivity contribution in [3.63, 3.8) is 0 Å². The molecule has 0 saturated carbocycles. The van der Waals surface area contributed by atoms with Crippen molar-refractivity contribution < 1.29 is 19.1 Å². The fourth-order valence-electron chi connectivity index (χ4n) is 3.25. The maximum absolute atomic E-state index is 12.6. The molecule has 0 amide bonds. The maximum atomic E-state index is 12.6. The Morgan fingerprint density at radius 1 is 1.13 bits per heavy atom. The zero-order valence-corrected chi connectivity index (χ0v) is 18.1. The van der Waals surface area contributed by atoms with E-state index in [1.165, 1.54) is 13.0 Å². The largest absolute Gasteiger partial charge is 0.430 e. The van der Waals surface area contributed by atoms with Crippen molar-refractivity contribution in [1.82, 2.24) is 9.78 Å². The van der Waals surface area contributed by atoms with Crippen LogP contribution in [0.4, 0.5) is 0 Å². The molecule has 0 fully saturated rings. The Bertz CT molecular complexity index is 1240. The molecule has 31 heavy (non-hydrogen) atoms. The van der Waals surface area contributed by atoms with E-state index < -0.39 is 23.5 Å². The molecule has 1 unspecified atom stereocenters. The number of carbonyl (C=O) groups excluding carboxylic acids is 3. The van der Waals surface area contributed by atoms with Crippen LogP contribution in [0.1, 0.15) is 12.5 Å². The molecule has 1 aromatic heterocycles. The van der Waals surface area contributed by atoms with Crippen LogP contribution in [0.25, 0.3) is 23.0 Å². The van der Waals surface area contributed by atoms with Crippen molar-refractivity contribution in [2.24, 2.45) is 5.92 Å². The number of halogens is 1. The summed E-state index contributed by atoms with van der Waals surface area (Å²) in [6, 6.07) is 17.2. The number of allylic oxidation sites excluding steroid dienone is 3. The highest BCUT2D eigenvalue weighted by Crippen LogP contribution is 2.27. The molecule has 0 saturated heterocycles. The first kappa shape index (κ1) is 20.7. The smallest absolute Gasteiger partial charge is 0.329 e. The van der Waals surface area contributed by atoms with Crippen molar-refractivity contribution in [3.05, 3.63) is 88.7 Å². The third-order valence-corrected chi connectivity index (χ3v) is 5.19. The number of ether oxygens (including phenoxy) is 1. The molecular formula is C24H17BrN2O4. The van der Waals surface area contributed by atoms with Gasteiger partial charge in [0.05, 0.1) is 11.4 Å². The molecule has 0 bridgehead atoms. The molecule has 0 N–H and O–H groups in total. The summed E-state index contributed by atoms with van der Waals surface area (Å²) >= 11 is 3.47. The summed E-state index contributed by atoms with van der Waals surface area (Å²) in [4.78, 5) is 36.8. The Morgan fingerprint density at radius 2 is 1.90 bits per heavy atom. The predicted molar refractivity (Wildman–Crippen MR) is 119 cm³/mol. The van der Waals surface area contributed by atoms with E-state index in [0.29, 0.717) is 11.3 Å². The van der Waals surface area contributed by atoms with E-state index in [9.17, 15) is 14.4 Å². The number of para-hydroxylation sites is 1. The van der Waals surface area contributed by atoms with E-state index >= 15 is 0 Å². The lowest BCUT2D eigenvalue weighted by molar-refractivity contribution is -0.151. The van der Waals surface area contributed by atoms with E-state index in [1.54, 1.807) is 17.0 Å². The summed E-state index contributed by atoms with van der Waals surface area (Å²) in [5.74, 6) is -3.35. The Morgan fingerprint density at radius 3 is 2.61 bits per heavy atom. The van der Waals surface area contributed by atoms with E-state index in [1.807, 2.05) is 54.6 Å². The van der Waals surface area contributed by atoms with Gasteiger partial charge in [0.2, 0.25) is 0 Å². The average Bonchev–Trinajstić information content (AvgIpc) is 3.16. The highest BCUT2D eigenvalue weighted by Gasteiger charge is 2.36. The monoisotopic (exact) mass is 476 g/mol. The number of carbonyl (C=O) groups is 3. The van der Waals surface area contributed by atoms with Crippen LogP contribution in [0.15, 0.2) is 83.2 Å². The van der Waals surface area contributed by atoms with Gasteiger partial charge >= 0.3 is 5.97 Å². The molecule has 154 valence electrons. The highest BCUT2D eigenvalue weighted by atomic mass is 79.9. The standard InChI is InChI=1S/C24H17BrN2O4/c1-15-12-21(29)22(24(30)31-15)20(28)11-10-17-14-27(19-8-3-2-4-9-19)26-23(17)16-6-5-7-18(25)13-16/h2-14,22H,1H3. The molecule has 0 radical (unpaired) electrons. The second kappa shape index (κ2) is 8.65. The van der Waals surface area contributed by atoms with Gasteiger partial charge in [0.25, 0.3) is 0 Å². The molecule has 3 aromatic rings. The van der Waals surface area contributed by atoms with Gasteiger partial charge in [-0.15, -0.1) is 0 Å². The Balaban J connectivity index is 1.71. The van der Waals surface area contributed by atoms with Gasteiger partial charge in [-0.1, -0.05) is 46.3 Å². The summed E-state index contributed by atoms with van der Waals surface area (Å²) in [6.07, 6.45) is 5.75. The fourth-order valence-corrected chi connectivity index (χ4v) is 3.65. The lowest BCUT2D eigenvalue weighted by Gasteiger charge is -2.15. The maximum Gasteiger partial charge on any atom is 0.329 e. The SMILES string of the molecule is CC1=CC(=O)C(C(=O)C=Cc2cn(-c3ccccc3)nc2-c2cccc(Br)c2)C(=O)O1. The summed E-state index contributed by atoms with van der Waals surface area (Å²) in [5, 5.41) is 4.69. The van der Waals surface area contributed by atoms with Crippen molar-refractivity contribution >= 4 is 39.5 Å². The second-order valence-electron chi connectivity index (χ2n) is 6.97. The van der Waals surface area contributed by atoms with E-state index in [4.69, 9.17) is 4.74 Å². The highest BCUT2D eigenvalue weighted by molar-refractivity contribution is 9.10. The van der Waals surface area contributed by atoms with Crippen LogP contribution in [0.3, 0.4) is 0 Å². The van der Waals surface area contributed by atoms with Crippen molar-refractivity contribution in [3.8, 4) is 16.9 Å². The molecule has 1 aliphatic rings. The number of ketones is 2. The number of esters is 1. The molecule has 0 spiro atoms. The van der Waals surface area contributed by atoms with Crippen molar-refractivity contribution in [2.45, 2.75) is 6.92 Å². The van der Waals surface area contributed by atoms with Crippen LogP contribution in [-0.4, -0.2) is 27.3 Å². The number of hydrogen-bond acceptors (Lipinski definition) is 5. The first-order chi connectivity index (χ1) is 14.9. The van der Waals surface area contributed by atoms with Gasteiger partial charge in [-0.3, -0.25) is 14.4 Å². The second-order valence-corrected chi connectivity index (χ2v) is 7.89. The minimum atomic E-state index is -1.47. The third kappa shape index (κ3) is 4.46. The fraction of sp³-hybridized carbons (Fsp3) is 0.0833. The van der Waals surface area contributed by atoms with Crippen LogP contribution >= 0.6 is 15.9 Å². The van der Waals surface area contributed by atoms with Crippen LogP contribution in [0.5, 0.6) is 0 Å². The molecule has 4 rings (SSSR count). The van der Waals surface area contributed by atoms with Crippen LogP contribution in [0, 0.1) is 5.92 Å². The van der Waals surface area contributed by atoms with Crippen molar-refractivity contribution in [2.75, 3.05) is 0 Å². The van der Waals surface area contributed by atoms with E-state index in [0.717, 1.165) is 21.8 Å². The minimum Gasteiger partial charge on any atom is -0.430 e. The number of benzene rings is 2. The Kier molecular flexibility index (Phi) is 5.77. The molecule has 0 aliphatic carbocycles. The lowest BCUT2D eigenvalue weighted by atomic mass is 9.95. The third-order valence-electron chi connectivity index (χ3n) is 4.70. The van der Waals surface area contributed by atoms with Gasteiger partial charge in [-0.05, 0) is 43.3 Å². The molecule has 1 aliphatic heterocycles. The summed E-state index contributed by atoms with van der Waals surface area (Å²) in [7, 11) is 0. The zero-order valence-electron chi connectivity index (χ0n) is 16.5. The number of rotatable bonds is 5. The molecule has 7 heteroatoms. The average molecular weight is 477 g/mol. The van der Waals surface area contributed by atoms with Gasteiger partial charge in [0, 0.05) is 27.9 Å². The normalized spacial score (nSPS) is 16.3. The van der Waals surface area contributed by atoms with Gasteiger partial charge in [0.15, 0.2) is 17.5 Å². The zero-order chi connectivity index (χ0) is 22.0. The van der Waals surface area contributed by atoms with E-state index in [2.05, 4.69) is 21.0 Å². The molecule has 2 aromatic carbocycles. The quantitative estimate of drug-likeness (QED) is 0.307. The van der Waals surface area contributed by atoms with Crippen LogP contribution in [-0.2, 0) is 19.1 Å². The molecule has 2 heterocycles. The Hall–Kier alpha value is -3.58. The minimum absolute atomic E-state index is 0.184. The van der Waals surface area contributed by atoms with Gasteiger partial charge in [0.1, 0.15) is 5.76 Å². The van der Waals surface area contributed by atoms with Gasteiger partial charge in [-0.25, -0.2) is 4.68 Å². The predicted octanol–water partition coefficient (Wildman–Crippen LogP) is 4.53. The summed E-state index contributed by atoms with van der Waals surface area (Å²) in [6.45, 7) is 1.49. The summed E-state index contributed by atoms with van der Waals surface area (Å²) < 4.78 is 7.54. The van der Waals surface area contributed by atoms with Gasteiger partial charge < -0.3 is 4.74 Å². The van der Waals surface area contributed by atoms with E-state index in [-0.39, 0.29) is 5.76 Å². The number of nitrogens with zero attached hydrogens (tertiary/aromatic N) is 2. The molecule has 6 nitrogen and oxygen atoms in total. The summed E-state index contributed by atoms with van der Waals surface area (Å²) in [5.41, 5.74) is 3.03. The number of aromatic nitrogens is 2. The van der Waals surface area contributed by atoms with Gasteiger partial charge in [-0.2, -0.15) is 5.10 Å². The van der Waals surface area contributed by atoms with Crippen molar-refractivity contribution in [1.29, 1.82) is 0 Å². The first-order valence-electron chi connectivity index (χ1n) is 9.49. The van der Waals surface area contributed by atoms with Crippen LogP contribution < -0.4 is 0 Å². The number of cyclic esters (lactones) is 1. The lowest BCUT2D eigenvalue weighted by Crippen LogP contribution is -2.34. The number of hydrogen-bond donors (Lipinski definition) is 0. The molecule has 1 atom stereocenters. The molecular weight excluding hydrogens is 460 g/mol. The Labute approximate surface area is 187 Å². The first-order valence-corrected chi connectivity index (χ1v) is 10.3. The topological polar surface area (TPSA) is 78.3 Å².